The van der Waals surface area contributed by atoms with Crippen LogP contribution < -0.4 is 4.74 Å². The van der Waals surface area contributed by atoms with Crippen LogP contribution in [-0.2, 0) is 6.42 Å². The number of hydrogen-bond donors (Lipinski definition) is 0. The molecule has 86 valence electrons. The topological polar surface area (TPSA) is 26.3 Å². The van der Waals surface area contributed by atoms with E-state index in [1.165, 1.54) is 5.56 Å². The SMILES string of the molecule is CCc1ccc2c(c1)C(=O)C1(C=CC=CC1)O2. The molecular formula is C15H14O2. The summed E-state index contributed by atoms with van der Waals surface area (Å²) in [5.41, 5.74) is 1.13. The summed E-state index contributed by atoms with van der Waals surface area (Å²) in [7, 11) is 0. The zero-order valence-corrected chi connectivity index (χ0v) is 9.77. The average molecular weight is 226 g/mol. The Hall–Kier alpha value is -1.83. The fraction of sp³-hybridized carbons (Fsp3) is 0.267. The number of rotatable bonds is 1. The van der Waals surface area contributed by atoms with Gasteiger partial charge in [0.15, 0.2) is 5.60 Å². The van der Waals surface area contributed by atoms with Crippen molar-refractivity contribution in [1.29, 1.82) is 0 Å². The summed E-state index contributed by atoms with van der Waals surface area (Å²) in [5, 5.41) is 0. The molecule has 2 nitrogen and oxygen atoms in total. The first-order valence-electron chi connectivity index (χ1n) is 5.96. The van der Waals surface area contributed by atoms with E-state index in [2.05, 4.69) is 6.92 Å². The van der Waals surface area contributed by atoms with Gasteiger partial charge in [0.05, 0.1) is 5.56 Å². The highest BCUT2D eigenvalue weighted by molar-refractivity contribution is 6.09. The molecule has 0 fully saturated rings. The van der Waals surface area contributed by atoms with Gasteiger partial charge in [-0.25, -0.2) is 0 Å². The zero-order chi connectivity index (χ0) is 11.9. The lowest BCUT2D eigenvalue weighted by molar-refractivity contribution is 0.0716. The molecule has 0 bridgehead atoms. The smallest absolute Gasteiger partial charge is 0.214 e. The molecule has 1 spiro atoms. The van der Waals surface area contributed by atoms with Gasteiger partial charge in [-0.15, -0.1) is 0 Å². The maximum absolute atomic E-state index is 12.4. The van der Waals surface area contributed by atoms with E-state index < -0.39 is 5.60 Å². The summed E-state index contributed by atoms with van der Waals surface area (Å²) in [6, 6.07) is 5.89. The average Bonchev–Trinajstić information content (AvgIpc) is 2.63. The highest BCUT2D eigenvalue weighted by atomic mass is 16.5. The Morgan fingerprint density at radius 3 is 2.94 bits per heavy atom. The normalized spacial score (nSPS) is 25.1. The first-order valence-corrected chi connectivity index (χ1v) is 5.96. The van der Waals surface area contributed by atoms with E-state index in [0.717, 1.165) is 12.0 Å². The van der Waals surface area contributed by atoms with E-state index in [0.29, 0.717) is 12.2 Å². The maximum atomic E-state index is 12.4. The zero-order valence-electron chi connectivity index (χ0n) is 9.77. The van der Waals surface area contributed by atoms with Crippen molar-refractivity contribution in [3.63, 3.8) is 0 Å². The number of Topliss-reactive ketones (excluding diaryl/α,β-unsaturated/α-hetero) is 1. The molecule has 1 aromatic rings. The van der Waals surface area contributed by atoms with E-state index in [1.807, 2.05) is 42.5 Å². The third-order valence-corrected chi connectivity index (χ3v) is 3.41. The van der Waals surface area contributed by atoms with E-state index >= 15 is 0 Å². The van der Waals surface area contributed by atoms with Gasteiger partial charge in [-0.3, -0.25) is 4.79 Å². The van der Waals surface area contributed by atoms with Gasteiger partial charge in [-0.05, 0) is 30.2 Å². The Morgan fingerprint density at radius 2 is 2.24 bits per heavy atom. The van der Waals surface area contributed by atoms with Crippen LogP contribution in [0, 0.1) is 0 Å². The van der Waals surface area contributed by atoms with E-state index in [-0.39, 0.29) is 5.78 Å². The Kier molecular flexibility index (Phi) is 2.18. The molecule has 1 aromatic carbocycles. The lowest BCUT2D eigenvalue weighted by atomic mass is 9.88. The Bertz CT molecular complexity index is 540. The van der Waals surface area contributed by atoms with Crippen LogP contribution in [0.4, 0.5) is 0 Å². The maximum Gasteiger partial charge on any atom is 0.214 e. The van der Waals surface area contributed by atoms with Gasteiger partial charge >= 0.3 is 0 Å². The number of carbonyl (C=O) groups is 1. The molecule has 1 aliphatic heterocycles. The van der Waals surface area contributed by atoms with Gasteiger partial charge in [-0.2, -0.15) is 0 Å². The molecule has 3 rings (SSSR count). The monoisotopic (exact) mass is 226 g/mol. The predicted octanol–water partition coefficient (Wildman–Crippen LogP) is 3.08. The molecule has 0 N–H and O–H groups in total. The standard InChI is InChI=1S/C15H14O2/c1-2-11-6-7-13-12(10-11)14(16)15(17-13)8-4-3-5-9-15/h3-8,10H,2,9H2,1H3. The van der Waals surface area contributed by atoms with Gasteiger partial charge < -0.3 is 4.74 Å². The second-order valence-electron chi connectivity index (χ2n) is 4.50. The number of fused-ring (bicyclic) bond motifs is 1. The van der Waals surface area contributed by atoms with E-state index in [4.69, 9.17) is 4.74 Å². The quantitative estimate of drug-likeness (QED) is 0.735. The van der Waals surface area contributed by atoms with E-state index in [9.17, 15) is 4.79 Å². The largest absolute Gasteiger partial charge is 0.474 e. The number of ketones is 1. The third kappa shape index (κ3) is 1.44. The Labute approximate surface area is 101 Å². The van der Waals surface area contributed by atoms with Crippen molar-refractivity contribution in [3.05, 3.63) is 53.6 Å². The summed E-state index contributed by atoms with van der Waals surface area (Å²) >= 11 is 0. The molecule has 1 heterocycles. The first-order chi connectivity index (χ1) is 8.25. The number of aryl methyl sites for hydroxylation is 1. The summed E-state index contributed by atoms with van der Waals surface area (Å²) in [6.07, 6.45) is 9.23. The second-order valence-corrected chi connectivity index (χ2v) is 4.50. The van der Waals surface area contributed by atoms with Crippen LogP contribution >= 0.6 is 0 Å². The fourth-order valence-corrected chi connectivity index (χ4v) is 2.38. The van der Waals surface area contributed by atoms with Crippen molar-refractivity contribution in [1.82, 2.24) is 0 Å². The predicted molar refractivity (Wildman–Crippen MR) is 66.4 cm³/mol. The first kappa shape index (κ1) is 10.3. The number of hydrogen-bond acceptors (Lipinski definition) is 2. The summed E-state index contributed by atoms with van der Waals surface area (Å²) < 4.78 is 5.86. The van der Waals surface area contributed by atoms with Crippen molar-refractivity contribution >= 4 is 5.78 Å². The van der Waals surface area contributed by atoms with Crippen LogP contribution in [0.15, 0.2) is 42.5 Å². The molecule has 0 amide bonds. The molecule has 17 heavy (non-hydrogen) atoms. The molecule has 2 aliphatic rings. The van der Waals surface area contributed by atoms with Gasteiger partial charge in [-0.1, -0.05) is 31.2 Å². The molecule has 0 saturated heterocycles. The second kappa shape index (κ2) is 3.59. The summed E-state index contributed by atoms with van der Waals surface area (Å²) in [4.78, 5) is 12.4. The lowest BCUT2D eigenvalue weighted by Crippen LogP contribution is -2.38. The molecule has 0 saturated carbocycles. The summed E-state index contributed by atoms with van der Waals surface area (Å²) in [5.74, 6) is 0.801. The van der Waals surface area contributed by atoms with Gasteiger partial charge in [0, 0.05) is 6.42 Å². The van der Waals surface area contributed by atoms with Gasteiger partial charge in [0.1, 0.15) is 5.75 Å². The molecule has 1 atom stereocenters. The van der Waals surface area contributed by atoms with Gasteiger partial charge in [0.25, 0.3) is 0 Å². The van der Waals surface area contributed by atoms with Crippen molar-refractivity contribution < 1.29 is 9.53 Å². The number of carbonyl (C=O) groups excluding carboxylic acids is 1. The Morgan fingerprint density at radius 1 is 1.35 bits per heavy atom. The molecule has 1 unspecified atom stereocenters. The van der Waals surface area contributed by atoms with E-state index in [1.54, 1.807) is 0 Å². The molecular weight excluding hydrogens is 212 g/mol. The highest BCUT2D eigenvalue weighted by Crippen LogP contribution is 2.39. The Balaban J connectivity index is 2.06. The fourth-order valence-electron chi connectivity index (χ4n) is 2.38. The minimum Gasteiger partial charge on any atom is -0.474 e. The van der Waals surface area contributed by atoms with Crippen LogP contribution in [0.5, 0.6) is 5.75 Å². The minimum absolute atomic E-state index is 0.0865. The van der Waals surface area contributed by atoms with Crippen LogP contribution in [-0.4, -0.2) is 11.4 Å². The minimum atomic E-state index is -0.774. The van der Waals surface area contributed by atoms with Crippen LogP contribution in [0.25, 0.3) is 0 Å². The van der Waals surface area contributed by atoms with Crippen LogP contribution in [0.3, 0.4) is 0 Å². The van der Waals surface area contributed by atoms with Gasteiger partial charge in [0.2, 0.25) is 5.78 Å². The van der Waals surface area contributed by atoms with Crippen molar-refractivity contribution in [2.45, 2.75) is 25.4 Å². The highest BCUT2D eigenvalue weighted by Gasteiger charge is 2.45. The molecule has 0 radical (unpaired) electrons. The third-order valence-electron chi connectivity index (χ3n) is 3.41. The number of allylic oxidation sites excluding steroid dienone is 2. The molecule has 2 heteroatoms. The van der Waals surface area contributed by atoms with Crippen LogP contribution in [0.2, 0.25) is 0 Å². The van der Waals surface area contributed by atoms with Crippen molar-refractivity contribution in [2.24, 2.45) is 0 Å². The lowest BCUT2D eigenvalue weighted by Gasteiger charge is -2.23. The van der Waals surface area contributed by atoms with Crippen molar-refractivity contribution in [3.8, 4) is 5.75 Å². The molecule has 1 aliphatic carbocycles. The number of ether oxygens (including phenoxy) is 1. The molecule has 0 aromatic heterocycles. The van der Waals surface area contributed by atoms with Crippen molar-refractivity contribution in [2.75, 3.05) is 0 Å². The number of benzene rings is 1. The summed E-state index contributed by atoms with van der Waals surface area (Å²) in [6.45, 7) is 2.08. The van der Waals surface area contributed by atoms with Crippen LogP contribution in [0.1, 0.15) is 29.3 Å².